The molecule has 0 fully saturated rings. The van der Waals surface area contributed by atoms with E-state index in [0.717, 1.165) is 0 Å². The fourth-order valence-electron chi connectivity index (χ4n) is 3.11. The van der Waals surface area contributed by atoms with Crippen molar-refractivity contribution < 1.29 is 19.1 Å². The molecule has 0 aromatic heterocycles. The van der Waals surface area contributed by atoms with E-state index in [9.17, 15) is 9.59 Å². The van der Waals surface area contributed by atoms with E-state index < -0.39 is 17.9 Å². The first-order valence-corrected chi connectivity index (χ1v) is 8.17. The van der Waals surface area contributed by atoms with Gasteiger partial charge in [-0.05, 0) is 32.9 Å². The normalized spacial score (nSPS) is 19.4. The molecule has 2 aliphatic heterocycles. The van der Waals surface area contributed by atoms with E-state index in [-0.39, 0.29) is 17.4 Å². The van der Waals surface area contributed by atoms with Crippen molar-refractivity contribution >= 4 is 35.1 Å². The van der Waals surface area contributed by atoms with Crippen LogP contribution in [0.1, 0.15) is 32.3 Å². The third kappa shape index (κ3) is 2.58. The zero-order valence-corrected chi connectivity index (χ0v) is 14.8. The quantitative estimate of drug-likeness (QED) is 0.637. The number of carbonyl (C=O) groups excluding carboxylic acids is 2. The average Bonchev–Trinajstić information content (AvgIpc) is 2.48. The van der Waals surface area contributed by atoms with Gasteiger partial charge in [-0.15, -0.1) is 0 Å². The third-order valence-electron chi connectivity index (χ3n) is 4.02. The van der Waals surface area contributed by atoms with Gasteiger partial charge >= 0.3 is 11.9 Å². The summed E-state index contributed by atoms with van der Waals surface area (Å²) >= 11 is 12.3. The first-order chi connectivity index (χ1) is 11.3. The van der Waals surface area contributed by atoms with Crippen LogP contribution < -0.4 is 10.1 Å². The largest absolute Gasteiger partial charge is 0.463 e. The van der Waals surface area contributed by atoms with Crippen molar-refractivity contribution in [3.8, 4) is 5.75 Å². The van der Waals surface area contributed by atoms with Crippen LogP contribution in [0.4, 0.5) is 0 Å². The summed E-state index contributed by atoms with van der Waals surface area (Å²) in [5.74, 6) is -1.44. The number of dihydropyridines is 1. The van der Waals surface area contributed by atoms with E-state index in [2.05, 4.69) is 5.32 Å². The Labute approximate surface area is 149 Å². The molecule has 3 rings (SSSR count). The summed E-state index contributed by atoms with van der Waals surface area (Å²) in [5, 5.41) is 3.67. The Morgan fingerprint density at radius 2 is 2.00 bits per heavy atom. The number of allylic oxidation sites excluding steroid dienone is 2. The Morgan fingerprint density at radius 3 is 2.67 bits per heavy atom. The molecule has 5 nitrogen and oxygen atoms in total. The van der Waals surface area contributed by atoms with Gasteiger partial charge in [-0.1, -0.05) is 23.2 Å². The maximum Gasteiger partial charge on any atom is 0.342 e. The van der Waals surface area contributed by atoms with Gasteiger partial charge in [-0.25, -0.2) is 9.59 Å². The molecule has 0 aliphatic carbocycles. The van der Waals surface area contributed by atoms with Crippen molar-refractivity contribution in [3.63, 3.8) is 0 Å². The topological polar surface area (TPSA) is 64.6 Å². The van der Waals surface area contributed by atoms with E-state index in [1.807, 2.05) is 0 Å². The van der Waals surface area contributed by atoms with Gasteiger partial charge in [0, 0.05) is 22.0 Å². The van der Waals surface area contributed by atoms with E-state index >= 15 is 0 Å². The van der Waals surface area contributed by atoms with Gasteiger partial charge in [0.25, 0.3) is 0 Å². The molecule has 0 unspecified atom stereocenters. The molecule has 0 radical (unpaired) electrons. The van der Waals surface area contributed by atoms with Crippen molar-refractivity contribution in [2.24, 2.45) is 0 Å². The Bertz CT molecular complexity index is 826. The highest BCUT2D eigenvalue weighted by atomic mass is 35.5. The van der Waals surface area contributed by atoms with Crippen LogP contribution in [-0.2, 0) is 14.3 Å². The van der Waals surface area contributed by atoms with Crippen molar-refractivity contribution in [2.45, 2.75) is 26.7 Å². The lowest BCUT2D eigenvalue weighted by Gasteiger charge is -2.34. The van der Waals surface area contributed by atoms with Gasteiger partial charge < -0.3 is 14.8 Å². The maximum absolute atomic E-state index is 12.5. The molecule has 0 amide bonds. The second kappa shape index (κ2) is 6.15. The number of esters is 2. The number of hydrogen-bond acceptors (Lipinski definition) is 5. The summed E-state index contributed by atoms with van der Waals surface area (Å²) in [6, 6.07) is 3.16. The lowest BCUT2D eigenvalue weighted by molar-refractivity contribution is -0.139. The molecule has 1 aromatic rings. The molecule has 0 saturated carbocycles. The summed E-state index contributed by atoms with van der Waals surface area (Å²) in [5.41, 5.74) is 2.53. The van der Waals surface area contributed by atoms with Crippen molar-refractivity contribution in [2.75, 3.05) is 6.61 Å². The predicted molar refractivity (Wildman–Crippen MR) is 90.0 cm³/mol. The summed E-state index contributed by atoms with van der Waals surface area (Å²) < 4.78 is 10.5. The van der Waals surface area contributed by atoms with E-state index in [0.29, 0.717) is 33.1 Å². The molecule has 126 valence electrons. The van der Waals surface area contributed by atoms with Crippen molar-refractivity contribution in [1.29, 1.82) is 0 Å². The second-order valence-corrected chi connectivity index (χ2v) is 6.39. The Balaban J connectivity index is 2.27. The lowest BCUT2D eigenvalue weighted by Crippen LogP contribution is -2.36. The molecule has 1 N–H and O–H groups in total. The minimum Gasteiger partial charge on any atom is -0.463 e. The minimum atomic E-state index is -0.627. The van der Waals surface area contributed by atoms with Crippen LogP contribution in [0.2, 0.25) is 10.0 Å². The van der Waals surface area contributed by atoms with Crippen LogP contribution in [0.5, 0.6) is 5.75 Å². The van der Waals surface area contributed by atoms with Gasteiger partial charge in [-0.2, -0.15) is 0 Å². The number of rotatable bonds is 2. The fourth-order valence-corrected chi connectivity index (χ4v) is 3.65. The second-order valence-electron chi connectivity index (χ2n) is 5.55. The molecule has 0 spiro atoms. The van der Waals surface area contributed by atoms with Gasteiger partial charge in [0.2, 0.25) is 0 Å². The number of ether oxygens (including phenoxy) is 2. The van der Waals surface area contributed by atoms with E-state index in [4.69, 9.17) is 32.7 Å². The number of nitrogens with one attached hydrogen (secondary N) is 1. The van der Waals surface area contributed by atoms with Crippen molar-refractivity contribution in [3.05, 3.63) is 50.3 Å². The molecule has 2 heterocycles. The van der Waals surface area contributed by atoms with Crippen molar-refractivity contribution in [1.82, 2.24) is 5.32 Å². The molecular formula is C17H15Cl2NO4. The molecule has 1 atom stereocenters. The SMILES string of the molecule is CCOC(=O)C1=C(C)NC(C)=C2C(=O)Oc3c(Cl)cc(Cl)cc3[C@H]12. The highest BCUT2D eigenvalue weighted by Crippen LogP contribution is 2.49. The number of halogens is 2. The predicted octanol–water partition coefficient (Wildman–Crippen LogP) is 3.71. The first kappa shape index (κ1) is 16.9. The molecule has 7 heteroatoms. The van der Waals surface area contributed by atoms with Crippen LogP contribution in [0.25, 0.3) is 0 Å². The minimum absolute atomic E-state index is 0.224. The molecule has 2 aliphatic rings. The Kier molecular flexibility index (Phi) is 4.32. The summed E-state index contributed by atoms with van der Waals surface area (Å²) in [6.07, 6.45) is 0. The Hall–Kier alpha value is -1.98. The van der Waals surface area contributed by atoms with Crippen LogP contribution in [0, 0.1) is 0 Å². The van der Waals surface area contributed by atoms with Gasteiger partial charge in [0.15, 0.2) is 5.75 Å². The molecule has 24 heavy (non-hydrogen) atoms. The zero-order valence-electron chi connectivity index (χ0n) is 13.3. The first-order valence-electron chi connectivity index (χ1n) is 7.42. The Morgan fingerprint density at radius 1 is 1.29 bits per heavy atom. The molecule has 0 bridgehead atoms. The average molecular weight is 368 g/mol. The number of benzene rings is 1. The molecular weight excluding hydrogens is 353 g/mol. The monoisotopic (exact) mass is 367 g/mol. The zero-order chi connectivity index (χ0) is 17.6. The summed E-state index contributed by atoms with van der Waals surface area (Å²) in [7, 11) is 0. The highest BCUT2D eigenvalue weighted by Gasteiger charge is 2.43. The fraction of sp³-hybridized carbons (Fsp3) is 0.294. The van der Waals surface area contributed by atoms with Crippen LogP contribution >= 0.6 is 23.2 Å². The highest BCUT2D eigenvalue weighted by molar-refractivity contribution is 6.36. The molecule has 0 saturated heterocycles. The summed E-state index contributed by atoms with van der Waals surface area (Å²) in [6.45, 7) is 5.47. The van der Waals surface area contributed by atoms with Crippen LogP contribution in [0.3, 0.4) is 0 Å². The lowest BCUT2D eigenvalue weighted by atomic mass is 9.78. The third-order valence-corrected chi connectivity index (χ3v) is 4.52. The van der Waals surface area contributed by atoms with E-state index in [1.54, 1.807) is 26.8 Å². The van der Waals surface area contributed by atoms with Gasteiger partial charge in [0.05, 0.1) is 28.7 Å². The van der Waals surface area contributed by atoms with Crippen LogP contribution in [-0.4, -0.2) is 18.5 Å². The maximum atomic E-state index is 12.5. The van der Waals surface area contributed by atoms with Gasteiger partial charge in [-0.3, -0.25) is 0 Å². The number of carbonyl (C=O) groups is 2. The number of fused-ring (bicyclic) bond motifs is 3. The van der Waals surface area contributed by atoms with Crippen LogP contribution in [0.15, 0.2) is 34.7 Å². The summed E-state index contributed by atoms with van der Waals surface area (Å²) in [4.78, 5) is 25.0. The standard InChI is InChI=1S/C17H15Cl2NO4/c1-4-23-16(21)12-7(2)20-8(3)13-14(12)10-5-9(18)6-11(19)15(10)24-17(13)22/h5-6,14,20H,4H2,1-3H3/t14-/m1/s1. The van der Waals surface area contributed by atoms with Gasteiger partial charge in [0.1, 0.15) is 0 Å². The smallest absolute Gasteiger partial charge is 0.342 e. The van der Waals surface area contributed by atoms with E-state index in [1.165, 1.54) is 6.07 Å². The molecule has 1 aromatic carbocycles. The number of hydrogen-bond donors (Lipinski definition) is 1.